The number of aromatic nitrogens is 4. The number of thiazole rings is 1. The molecule has 6 heteroatoms. The van der Waals surface area contributed by atoms with Crippen LogP contribution in [-0.4, -0.2) is 19.9 Å². The molecule has 0 atom stereocenters. The first-order chi connectivity index (χ1) is 25.7. The molecule has 52 heavy (non-hydrogen) atoms. The highest BCUT2D eigenvalue weighted by Gasteiger charge is 2.19. The Kier molecular flexibility index (Phi) is 7.48. The van der Waals surface area contributed by atoms with E-state index in [0.717, 1.165) is 49.3 Å². The van der Waals surface area contributed by atoms with Crippen molar-refractivity contribution in [3.05, 3.63) is 170 Å². The summed E-state index contributed by atoms with van der Waals surface area (Å²) in [6.45, 7) is 0. The highest BCUT2D eigenvalue weighted by molar-refractivity contribution is 7.26. The Hall–Kier alpha value is -6.34. The highest BCUT2D eigenvalue weighted by Crippen LogP contribution is 2.44. The molecule has 0 unspecified atom stereocenters. The van der Waals surface area contributed by atoms with Crippen molar-refractivity contribution in [3.8, 4) is 67.0 Å². The third-order valence-corrected chi connectivity index (χ3v) is 11.7. The first-order valence-electron chi connectivity index (χ1n) is 17.1. The van der Waals surface area contributed by atoms with Gasteiger partial charge in [0.05, 0.1) is 10.2 Å². The summed E-state index contributed by atoms with van der Waals surface area (Å²) in [5.41, 5.74) is 9.68. The number of thiophene rings is 1. The van der Waals surface area contributed by atoms with Crippen LogP contribution in [0, 0.1) is 0 Å². The largest absolute Gasteiger partial charge is 0.236 e. The molecular weight excluding hydrogens is 673 g/mol. The predicted octanol–water partition coefficient (Wildman–Crippen LogP) is 12.9. The SMILES string of the molecule is c1ccc(-c2cccc(-c3nc(-c4ccccc4)nc(-c4cccc5sc6c(-c7cccc(-c8nc9ccccc9s8)c7)cccc6c45)n3)c2)cc1. The Labute approximate surface area is 308 Å². The maximum atomic E-state index is 5.19. The van der Waals surface area contributed by atoms with Crippen LogP contribution < -0.4 is 0 Å². The van der Waals surface area contributed by atoms with Gasteiger partial charge in [0, 0.05) is 42.4 Å². The second-order valence-electron chi connectivity index (χ2n) is 12.6. The number of hydrogen-bond acceptors (Lipinski definition) is 6. The minimum atomic E-state index is 0.644. The van der Waals surface area contributed by atoms with E-state index in [1.807, 2.05) is 41.7 Å². The van der Waals surface area contributed by atoms with Crippen LogP contribution in [0.1, 0.15) is 0 Å². The number of fused-ring (bicyclic) bond motifs is 4. The Morgan fingerprint density at radius 1 is 0.346 bits per heavy atom. The fourth-order valence-corrected chi connectivity index (χ4v) is 9.11. The van der Waals surface area contributed by atoms with E-state index in [-0.39, 0.29) is 0 Å². The third-order valence-electron chi connectivity index (χ3n) is 9.37. The molecule has 10 aromatic rings. The number of benzene rings is 7. The number of nitrogens with zero attached hydrogens (tertiary/aromatic N) is 4. The summed E-state index contributed by atoms with van der Waals surface area (Å²) in [5.74, 6) is 1.95. The molecule has 3 heterocycles. The molecule has 0 aliphatic carbocycles. The smallest absolute Gasteiger partial charge is 0.164 e. The molecule has 0 spiro atoms. The zero-order chi connectivity index (χ0) is 34.4. The normalized spacial score (nSPS) is 11.5. The van der Waals surface area contributed by atoms with E-state index >= 15 is 0 Å². The molecular formula is C46H28N4S2. The monoisotopic (exact) mass is 700 g/mol. The maximum Gasteiger partial charge on any atom is 0.164 e. The van der Waals surface area contributed by atoms with E-state index in [9.17, 15) is 0 Å². The van der Waals surface area contributed by atoms with E-state index < -0.39 is 0 Å². The molecule has 7 aromatic carbocycles. The lowest BCUT2D eigenvalue weighted by Crippen LogP contribution is -2.00. The topological polar surface area (TPSA) is 51.6 Å². The van der Waals surface area contributed by atoms with Gasteiger partial charge in [-0.15, -0.1) is 22.7 Å². The van der Waals surface area contributed by atoms with Crippen LogP contribution in [0.15, 0.2) is 170 Å². The molecule has 0 saturated heterocycles. The summed E-state index contributed by atoms with van der Waals surface area (Å²) in [4.78, 5) is 20.3. The Morgan fingerprint density at radius 2 is 0.923 bits per heavy atom. The number of hydrogen-bond donors (Lipinski definition) is 0. The average Bonchev–Trinajstić information content (AvgIpc) is 3.84. The van der Waals surface area contributed by atoms with Crippen molar-refractivity contribution in [3.63, 3.8) is 0 Å². The molecule has 244 valence electrons. The van der Waals surface area contributed by atoms with Crippen molar-refractivity contribution in [1.82, 2.24) is 19.9 Å². The maximum absolute atomic E-state index is 5.19. The fourth-order valence-electron chi connectivity index (χ4n) is 6.89. The summed E-state index contributed by atoms with van der Waals surface area (Å²) in [7, 11) is 0. The molecule has 10 rings (SSSR count). The van der Waals surface area contributed by atoms with Crippen LogP contribution in [0.3, 0.4) is 0 Å². The Bertz CT molecular complexity index is 2880. The molecule has 0 amide bonds. The lowest BCUT2D eigenvalue weighted by molar-refractivity contribution is 1.08. The van der Waals surface area contributed by atoms with Crippen molar-refractivity contribution in [2.45, 2.75) is 0 Å². The lowest BCUT2D eigenvalue weighted by atomic mass is 9.99. The molecule has 4 nitrogen and oxygen atoms in total. The van der Waals surface area contributed by atoms with Crippen molar-refractivity contribution < 1.29 is 0 Å². The second-order valence-corrected chi connectivity index (χ2v) is 14.7. The second kappa shape index (κ2) is 12.8. The summed E-state index contributed by atoms with van der Waals surface area (Å²) in [6, 6.07) is 59.2. The Morgan fingerprint density at radius 3 is 1.75 bits per heavy atom. The van der Waals surface area contributed by atoms with Crippen molar-refractivity contribution >= 4 is 53.1 Å². The fraction of sp³-hybridized carbons (Fsp3) is 0. The third kappa shape index (κ3) is 5.46. The van der Waals surface area contributed by atoms with E-state index in [0.29, 0.717) is 17.5 Å². The van der Waals surface area contributed by atoms with Gasteiger partial charge in [0.25, 0.3) is 0 Å². The predicted molar refractivity (Wildman–Crippen MR) is 219 cm³/mol. The van der Waals surface area contributed by atoms with Crippen molar-refractivity contribution in [2.75, 3.05) is 0 Å². The molecule has 0 bridgehead atoms. The quantitative estimate of drug-likeness (QED) is 0.173. The molecule has 3 aromatic heterocycles. The molecule has 0 N–H and O–H groups in total. The van der Waals surface area contributed by atoms with E-state index in [4.69, 9.17) is 19.9 Å². The zero-order valence-electron chi connectivity index (χ0n) is 27.8. The molecule has 0 radical (unpaired) electrons. The van der Waals surface area contributed by atoms with Crippen molar-refractivity contribution in [2.24, 2.45) is 0 Å². The van der Waals surface area contributed by atoms with Crippen LogP contribution in [0.2, 0.25) is 0 Å². The van der Waals surface area contributed by atoms with Gasteiger partial charge in [-0.2, -0.15) is 0 Å². The van der Waals surface area contributed by atoms with Crippen LogP contribution in [-0.2, 0) is 0 Å². The first-order valence-corrected chi connectivity index (χ1v) is 18.8. The highest BCUT2D eigenvalue weighted by atomic mass is 32.1. The van der Waals surface area contributed by atoms with Gasteiger partial charge in [-0.3, -0.25) is 0 Å². The molecule has 0 aliphatic heterocycles. The van der Waals surface area contributed by atoms with Crippen LogP contribution >= 0.6 is 22.7 Å². The van der Waals surface area contributed by atoms with E-state index in [1.54, 1.807) is 11.3 Å². The van der Waals surface area contributed by atoms with Gasteiger partial charge in [-0.05, 0) is 52.6 Å². The zero-order valence-corrected chi connectivity index (χ0v) is 29.4. The van der Waals surface area contributed by atoms with Gasteiger partial charge in [0.2, 0.25) is 0 Å². The summed E-state index contributed by atoms with van der Waals surface area (Å²) in [5, 5.41) is 3.37. The minimum absolute atomic E-state index is 0.644. The molecule has 0 fully saturated rings. The number of rotatable bonds is 6. The minimum Gasteiger partial charge on any atom is -0.236 e. The standard InChI is InChI=1S/C46H28N4S2/c1-3-13-29(14-4-1)31-17-9-19-33(27-31)44-48-43(30-15-5-2-6-16-30)49-45(50-44)37-23-12-26-40-41(37)36-22-11-21-35(42(36)51-40)32-18-10-20-34(28-32)46-47-38-24-7-8-25-39(38)52-46/h1-28H. The van der Waals surface area contributed by atoms with Crippen LogP contribution in [0.25, 0.3) is 97.4 Å². The van der Waals surface area contributed by atoms with E-state index in [2.05, 4.69) is 140 Å². The Balaban J connectivity index is 1.13. The summed E-state index contributed by atoms with van der Waals surface area (Å²) in [6.07, 6.45) is 0. The van der Waals surface area contributed by atoms with Crippen LogP contribution in [0.5, 0.6) is 0 Å². The van der Waals surface area contributed by atoms with Gasteiger partial charge >= 0.3 is 0 Å². The van der Waals surface area contributed by atoms with Gasteiger partial charge < -0.3 is 0 Å². The van der Waals surface area contributed by atoms with Gasteiger partial charge in [-0.1, -0.05) is 140 Å². The summed E-state index contributed by atoms with van der Waals surface area (Å²) < 4.78 is 3.62. The average molecular weight is 701 g/mol. The first kappa shape index (κ1) is 30.5. The van der Waals surface area contributed by atoms with Gasteiger partial charge in [-0.25, -0.2) is 19.9 Å². The lowest BCUT2D eigenvalue weighted by Gasteiger charge is -2.11. The summed E-state index contributed by atoms with van der Waals surface area (Å²) >= 11 is 3.55. The van der Waals surface area contributed by atoms with Gasteiger partial charge in [0.15, 0.2) is 17.5 Å². The molecule has 0 saturated carbocycles. The number of para-hydroxylation sites is 1. The van der Waals surface area contributed by atoms with E-state index in [1.165, 1.54) is 30.6 Å². The molecule has 0 aliphatic rings. The van der Waals surface area contributed by atoms with Crippen LogP contribution in [0.4, 0.5) is 0 Å². The van der Waals surface area contributed by atoms with Crippen molar-refractivity contribution in [1.29, 1.82) is 0 Å². The van der Waals surface area contributed by atoms with Gasteiger partial charge in [0.1, 0.15) is 5.01 Å².